The van der Waals surface area contributed by atoms with Gasteiger partial charge in [-0.05, 0) is 5.92 Å². The van der Waals surface area contributed by atoms with E-state index >= 15 is 0 Å². The van der Waals surface area contributed by atoms with Crippen LogP contribution in [0.3, 0.4) is 0 Å². The molecule has 6 heteroatoms. The van der Waals surface area contributed by atoms with Gasteiger partial charge in [-0.25, -0.2) is 9.78 Å². The minimum absolute atomic E-state index is 0.0838. The number of rotatable bonds is 0. The van der Waals surface area contributed by atoms with Crippen molar-refractivity contribution < 1.29 is 0 Å². The summed E-state index contributed by atoms with van der Waals surface area (Å²) in [7, 11) is 0. The summed E-state index contributed by atoms with van der Waals surface area (Å²) in [5.41, 5.74) is -1.18. The molecule has 2 aromatic heterocycles. The zero-order chi connectivity index (χ0) is 11.0. The van der Waals surface area contributed by atoms with Crippen molar-refractivity contribution in [1.82, 2.24) is 19.5 Å². The van der Waals surface area contributed by atoms with Crippen LogP contribution in [0.5, 0.6) is 0 Å². The van der Waals surface area contributed by atoms with Crippen molar-refractivity contribution in [2.24, 2.45) is 0 Å². The third-order valence-corrected chi connectivity index (χ3v) is 1.82. The predicted octanol–water partition coefficient (Wildman–Crippen LogP) is -1.17. The van der Waals surface area contributed by atoms with Crippen LogP contribution in [0.4, 0.5) is 0 Å². The Balaban J connectivity index is 3.05. The van der Waals surface area contributed by atoms with Gasteiger partial charge in [0.05, 0.1) is 0 Å². The van der Waals surface area contributed by atoms with Crippen LogP contribution in [0.25, 0.3) is 11.2 Å². The molecular weight excluding hydrogens is 196 g/mol. The number of fused-ring (bicyclic) bond motifs is 1. The van der Waals surface area contributed by atoms with E-state index in [2.05, 4.69) is 20.9 Å². The fourth-order valence-electron chi connectivity index (χ4n) is 1.17. The van der Waals surface area contributed by atoms with Gasteiger partial charge in [0.2, 0.25) is 0 Å². The van der Waals surface area contributed by atoms with Crippen molar-refractivity contribution in [2.75, 3.05) is 0 Å². The van der Waals surface area contributed by atoms with E-state index in [0.29, 0.717) is 4.57 Å². The predicted molar refractivity (Wildman–Crippen MR) is 53.1 cm³/mol. The Hall–Kier alpha value is -2.73. The van der Waals surface area contributed by atoms with Crippen LogP contribution in [0.15, 0.2) is 9.59 Å². The molecule has 0 saturated heterocycles. The van der Waals surface area contributed by atoms with Crippen LogP contribution in [-0.2, 0) is 0 Å². The van der Waals surface area contributed by atoms with Crippen LogP contribution in [0.2, 0.25) is 0 Å². The molecule has 0 aromatic carbocycles. The Morgan fingerprint density at radius 1 is 1.27 bits per heavy atom. The number of nitrogens with zero attached hydrogens (tertiary/aromatic N) is 2. The number of hydrogen-bond acceptors (Lipinski definition) is 3. The molecule has 2 heterocycles. The molecule has 72 valence electrons. The molecule has 0 amide bonds. The molecule has 0 aliphatic rings. The fraction of sp³-hybridized carbons (Fsp3) is 0. The summed E-state index contributed by atoms with van der Waals surface area (Å²) in [6, 6.07) is 1.94. The van der Waals surface area contributed by atoms with E-state index in [1.165, 1.54) is 0 Å². The molecule has 0 spiro atoms. The highest BCUT2D eigenvalue weighted by Gasteiger charge is 2.09. The minimum atomic E-state index is -0.718. The number of hydrogen-bond donors (Lipinski definition) is 2. The first-order chi connectivity index (χ1) is 7.17. The van der Waals surface area contributed by atoms with Crippen molar-refractivity contribution in [3.8, 4) is 24.8 Å². The second-order valence-electron chi connectivity index (χ2n) is 2.65. The molecule has 0 atom stereocenters. The minimum Gasteiger partial charge on any atom is -0.325 e. The highest BCUT2D eigenvalue weighted by molar-refractivity contribution is 5.69. The van der Waals surface area contributed by atoms with E-state index < -0.39 is 11.2 Å². The quantitative estimate of drug-likeness (QED) is 0.526. The maximum atomic E-state index is 11.6. The Morgan fingerprint density at radius 3 is 2.60 bits per heavy atom. The van der Waals surface area contributed by atoms with Gasteiger partial charge in [-0.15, -0.1) is 6.42 Å². The molecule has 0 radical (unpaired) electrons. The van der Waals surface area contributed by atoms with Gasteiger partial charge in [0.15, 0.2) is 17.0 Å². The van der Waals surface area contributed by atoms with Gasteiger partial charge >= 0.3 is 5.69 Å². The lowest BCUT2D eigenvalue weighted by Gasteiger charge is -1.91. The molecule has 0 aliphatic heterocycles. The van der Waals surface area contributed by atoms with E-state index in [9.17, 15) is 9.59 Å². The average molecular weight is 200 g/mol. The summed E-state index contributed by atoms with van der Waals surface area (Å²) < 4.78 is 0.598. The molecule has 0 saturated carbocycles. The van der Waals surface area contributed by atoms with Crippen LogP contribution < -0.4 is 11.2 Å². The first-order valence-electron chi connectivity index (χ1n) is 3.85. The average Bonchev–Trinajstić information content (AvgIpc) is 2.61. The van der Waals surface area contributed by atoms with Crippen molar-refractivity contribution in [3.05, 3.63) is 26.7 Å². The van der Waals surface area contributed by atoms with Crippen LogP contribution in [0, 0.1) is 24.8 Å². The smallest absolute Gasteiger partial charge is 0.325 e. The van der Waals surface area contributed by atoms with Crippen LogP contribution >= 0.6 is 0 Å². The summed E-state index contributed by atoms with van der Waals surface area (Å²) in [6.07, 6.45) is 10.1. The van der Waals surface area contributed by atoms with Crippen molar-refractivity contribution in [3.63, 3.8) is 0 Å². The second kappa shape index (κ2) is 2.89. The number of nitrogens with one attached hydrogen (secondary N) is 2. The molecule has 0 fully saturated rings. The van der Waals surface area contributed by atoms with Gasteiger partial charge < -0.3 is 4.98 Å². The van der Waals surface area contributed by atoms with E-state index in [1.54, 1.807) is 0 Å². The lowest BCUT2D eigenvalue weighted by Crippen LogP contribution is -2.32. The Labute approximate surface area is 83.0 Å². The molecular formula is C9H4N4O2. The standard InChI is InChI=1S/C9H4N4O2/c1-3-5-10-6-7(11-5)12-9(15)13(4-2)8(6)14/h1-2H,(H,10,11)(H,12,15). The third kappa shape index (κ3) is 1.13. The molecule has 2 rings (SSSR count). The zero-order valence-electron chi connectivity index (χ0n) is 7.37. The maximum absolute atomic E-state index is 11.6. The molecule has 2 aromatic rings. The summed E-state index contributed by atoms with van der Waals surface area (Å²) >= 11 is 0. The summed E-state index contributed by atoms with van der Waals surface area (Å²) in [6.45, 7) is 0. The highest BCUT2D eigenvalue weighted by Crippen LogP contribution is 1.99. The summed E-state index contributed by atoms with van der Waals surface area (Å²) in [5.74, 6) is 2.37. The summed E-state index contributed by atoms with van der Waals surface area (Å²) in [5, 5.41) is 0. The molecule has 0 aliphatic carbocycles. The van der Waals surface area contributed by atoms with E-state index in [0.717, 1.165) is 0 Å². The highest BCUT2D eigenvalue weighted by atomic mass is 16.2. The lowest BCUT2D eigenvalue weighted by molar-refractivity contribution is 0.930. The van der Waals surface area contributed by atoms with Gasteiger partial charge in [-0.3, -0.25) is 9.78 Å². The Bertz CT molecular complexity index is 733. The third-order valence-electron chi connectivity index (χ3n) is 1.82. The van der Waals surface area contributed by atoms with E-state index in [4.69, 9.17) is 12.8 Å². The first-order valence-corrected chi connectivity index (χ1v) is 3.85. The van der Waals surface area contributed by atoms with Gasteiger partial charge in [0.1, 0.15) is 0 Å². The van der Waals surface area contributed by atoms with Crippen molar-refractivity contribution in [1.29, 1.82) is 0 Å². The van der Waals surface area contributed by atoms with Gasteiger partial charge in [0.25, 0.3) is 5.56 Å². The SMILES string of the molecule is C#Cc1nc2[nH]c(=O)n(C#C)c(=O)c2[nH]1. The Kier molecular flexibility index (Phi) is 1.71. The number of H-pyrrole nitrogens is 2. The number of imidazole rings is 1. The second-order valence-corrected chi connectivity index (χ2v) is 2.65. The lowest BCUT2D eigenvalue weighted by atomic mass is 10.5. The number of terminal acetylenes is 2. The topological polar surface area (TPSA) is 83.5 Å². The molecule has 2 N–H and O–H groups in total. The van der Waals surface area contributed by atoms with Crippen LogP contribution in [0.1, 0.15) is 5.82 Å². The van der Waals surface area contributed by atoms with Crippen molar-refractivity contribution in [2.45, 2.75) is 0 Å². The Morgan fingerprint density at radius 2 is 2.00 bits per heavy atom. The van der Waals surface area contributed by atoms with Crippen molar-refractivity contribution >= 4 is 11.2 Å². The summed E-state index contributed by atoms with van der Waals surface area (Å²) in [4.78, 5) is 31.5. The maximum Gasteiger partial charge on any atom is 0.342 e. The largest absolute Gasteiger partial charge is 0.342 e. The number of aromatic amines is 2. The molecule has 0 bridgehead atoms. The normalized spacial score (nSPS) is 9.73. The molecule has 0 unspecified atom stereocenters. The fourth-order valence-corrected chi connectivity index (χ4v) is 1.17. The van der Waals surface area contributed by atoms with E-state index in [1.807, 2.05) is 6.04 Å². The number of aromatic nitrogens is 4. The van der Waals surface area contributed by atoms with E-state index in [-0.39, 0.29) is 17.0 Å². The van der Waals surface area contributed by atoms with Gasteiger partial charge in [-0.1, -0.05) is 6.42 Å². The monoisotopic (exact) mass is 200 g/mol. The zero-order valence-corrected chi connectivity index (χ0v) is 7.37. The van der Waals surface area contributed by atoms with Gasteiger partial charge in [-0.2, -0.15) is 4.57 Å². The molecule has 15 heavy (non-hydrogen) atoms. The van der Waals surface area contributed by atoms with Crippen LogP contribution in [-0.4, -0.2) is 19.5 Å². The first kappa shape index (κ1) is 8.85. The molecule has 6 nitrogen and oxygen atoms in total. The van der Waals surface area contributed by atoms with Gasteiger partial charge in [0, 0.05) is 6.04 Å².